The third-order valence-corrected chi connectivity index (χ3v) is 1.66. The van der Waals surface area contributed by atoms with Gasteiger partial charge in [-0.05, 0) is 6.92 Å². The maximum atomic E-state index is 11.4. The molecule has 0 N–H and O–H groups in total. The van der Waals surface area contributed by atoms with Gasteiger partial charge >= 0.3 is 11.5 Å². The molecule has 0 atom stereocenters. The Bertz CT molecular complexity index is 309. The second-order valence-corrected chi connectivity index (χ2v) is 2.63. The van der Waals surface area contributed by atoms with E-state index in [1.165, 1.54) is 0 Å². The normalized spacial score (nSPS) is 9.29. The minimum absolute atomic E-state index is 0.0144. The minimum atomic E-state index is -1.39. The van der Waals surface area contributed by atoms with Crippen LogP contribution in [0.15, 0.2) is 0 Å². The quantitative estimate of drug-likeness (QED) is 0.378. The van der Waals surface area contributed by atoms with Gasteiger partial charge in [0.2, 0.25) is 0 Å². The van der Waals surface area contributed by atoms with E-state index in [4.69, 9.17) is 24.2 Å². The summed E-state index contributed by atoms with van der Waals surface area (Å²) in [6, 6.07) is 0. The van der Waals surface area contributed by atoms with Gasteiger partial charge < -0.3 is 4.74 Å². The lowest BCUT2D eigenvalue weighted by atomic mass is 9.93. The van der Waals surface area contributed by atoms with Crippen molar-refractivity contribution in [3.05, 3.63) is 11.4 Å². The fraction of sp³-hybridized carbons (Fsp3) is 0.455. The van der Waals surface area contributed by atoms with Gasteiger partial charge in [-0.2, -0.15) is 0 Å². The van der Waals surface area contributed by atoms with Gasteiger partial charge in [-0.1, -0.05) is 11.8 Å². The van der Waals surface area contributed by atoms with Gasteiger partial charge in [0, 0.05) is 0 Å². The number of terminal acetylenes is 2. The predicted octanol–water partition coefficient (Wildman–Crippen LogP) is 1.25. The van der Waals surface area contributed by atoms with E-state index in [0.717, 1.165) is 0 Å². The van der Waals surface area contributed by atoms with E-state index in [1.807, 2.05) is 0 Å². The molecule has 0 spiro atoms. The summed E-state index contributed by atoms with van der Waals surface area (Å²) < 4.78 is 4.76. The lowest BCUT2D eigenvalue weighted by molar-refractivity contribution is -0.147. The summed E-state index contributed by atoms with van der Waals surface area (Å²) >= 11 is 0. The van der Waals surface area contributed by atoms with Crippen molar-refractivity contribution >= 4 is 5.97 Å². The van der Waals surface area contributed by atoms with Crippen molar-refractivity contribution in [3.8, 4) is 24.7 Å². The van der Waals surface area contributed by atoms with Crippen molar-refractivity contribution in [2.24, 2.45) is 0 Å². The van der Waals surface area contributed by atoms with Crippen LogP contribution in [-0.4, -0.2) is 18.1 Å². The molecule has 72 valence electrons. The summed E-state index contributed by atoms with van der Waals surface area (Å²) in [5.41, 5.74) is -1.39. The molecule has 0 aliphatic carbocycles. The average molecular weight is 189 g/mol. The zero-order chi connectivity index (χ0) is 11.0. The molecule has 0 bridgehead atoms. The molecule has 14 heavy (non-hydrogen) atoms. The largest absolute Gasteiger partial charge is 0.460 e. The molecule has 0 unspecified atom stereocenters. The molecule has 3 heteroatoms. The van der Waals surface area contributed by atoms with Crippen molar-refractivity contribution < 1.29 is 9.53 Å². The Morgan fingerprint density at radius 3 is 2.29 bits per heavy atom. The maximum Gasteiger partial charge on any atom is 0.395 e. The maximum absolute atomic E-state index is 11.4. The third-order valence-electron chi connectivity index (χ3n) is 1.66. The van der Waals surface area contributed by atoms with E-state index in [-0.39, 0.29) is 19.4 Å². The molecule has 0 aliphatic rings. The first-order chi connectivity index (χ1) is 6.66. The fourth-order valence-electron chi connectivity index (χ4n) is 0.935. The van der Waals surface area contributed by atoms with Crippen LogP contribution in [0.1, 0.15) is 19.8 Å². The topological polar surface area (TPSA) is 30.7 Å². The molecule has 0 saturated carbocycles. The molecule has 0 amide bonds. The molecule has 0 radical (unpaired) electrons. The SMILES string of the molecule is [C-]#[N+]C(CC#C)(CC#C)C(=O)OCC. The van der Waals surface area contributed by atoms with Crippen LogP contribution in [0, 0.1) is 31.3 Å². The van der Waals surface area contributed by atoms with Crippen LogP contribution in [0.25, 0.3) is 4.85 Å². The molecular weight excluding hydrogens is 178 g/mol. The summed E-state index contributed by atoms with van der Waals surface area (Å²) in [5, 5.41) is 0. The van der Waals surface area contributed by atoms with Crippen molar-refractivity contribution in [2.75, 3.05) is 6.61 Å². The number of esters is 1. The van der Waals surface area contributed by atoms with E-state index in [1.54, 1.807) is 6.92 Å². The van der Waals surface area contributed by atoms with Crippen LogP contribution < -0.4 is 0 Å². The third kappa shape index (κ3) is 2.54. The van der Waals surface area contributed by atoms with Crippen LogP contribution in [-0.2, 0) is 9.53 Å². The second-order valence-electron chi connectivity index (χ2n) is 2.63. The van der Waals surface area contributed by atoms with E-state index < -0.39 is 11.5 Å². The Morgan fingerprint density at radius 2 is 2.00 bits per heavy atom. The van der Waals surface area contributed by atoms with Crippen LogP contribution in [0.2, 0.25) is 0 Å². The molecule has 0 heterocycles. The number of carbonyl (C=O) groups excluding carboxylic acids is 1. The van der Waals surface area contributed by atoms with E-state index in [9.17, 15) is 4.79 Å². The van der Waals surface area contributed by atoms with Crippen LogP contribution in [0.5, 0.6) is 0 Å². The molecule has 0 saturated heterocycles. The van der Waals surface area contributed by atoms with Gasteiger partial charge in [0.15, 0.2) is 0 Å². The molecule has 0 fully saturated rings. The van der Waals surface area contributed by atoms with E-state index >= 15 is 0 Å². The Labute approximate surface area is 84.3 Å². The number of hydrogen-bond acceptors (Lipinski definition) is 2. The molecule has 0 rings (SSSR count). The summed E-state index contributed by atoms with van der Waals surface area (Å²) in [5.74, 6) is 3.91. The number of nitrogens with zero attached hydrogens (tertiary/aromatic N) is 1. The highest BCUT2D eigenvalue weighted by atomic mass is 16.5. The van der Waals surface area contributed by atoms with Gasteiger partial charge in [-0.25, -0.2) is 11.4 Å². The zero-order valence-corrected chi connectivity index (χ0v) is 8.04. The number of hydrogen-bond donors (Lipinski definition) is 0. The number of ether oxygens (including phenoxy) is 1. The van der Waals surface area contributed by atoms with E-state index in [0.29, 0.717) is 0 Å². The van der Waals surface area contributed by atoms with Crippen LogP contribution >= 0.6 is 0 Å². The summed E-state index contributed by atoms with van der Waals surface area (Å²) in [4.78, 5) is 14.7. The molecule has 3 nitrogen and oxygen atoms in total. The van der Waals surface area contributed by atoms with E-state index in [2.05, 4.69) is 16.7 Å². The van der Waals surface area contributed by atoms with Crippen molar-refractivity contribution in [2.45, 2.75) is 25.3 Å². The molecule has 0 aromatic carbocycles. The number of carbonyl (C=O) groups is 1. The lowest BCUT2D eigenvalue weighted by Gasteiger charge is -2.14. The predicted molar refractivity (Wildman–Crippen MR) is 52.9 cm³/mol. The summed E-state index contributed by atoms with van der Waals surface area (Å²) in [6.45, 7) is 8.84. The first-order valence-corrected chi connectivity index (χ1v) is 4.09. The van der Waals surface area contributed by atoms with Gasteiger partial charge in [0.05, 0.1) is 19.4 Å². The molecular formula is C11H11NO2. The Kier molecular flexibility index (Phi) is 4.90. The van der Waals surface area contributed by atoms with Crippen molar-refractivity contribution in [1.82, 2.24) is 0 Å². The smallest absolute Gasteiger partial charge is 0.395 e. The van der Waals surface area contributed by atoms with Gasteiger partial charge in [0.1, 0.15) is 0 Å². The average Bonchev–Trinajstić information content (AvgIpc) is 2.17. The van der Waals surface area contributed by atoms with Crippen molar-refractivity contribution in [1.29, 1.82) is 0 Å². The van der Waals surface area contributed by atoms with Crippen molar-refractivity contribution in [3.63, 3.8) is 0 Å². The molecule has 0 aromatic rings. The first-order valence-electron chi connectivity index (χ1n) is 4.09. The van der Waals surface area contributed by atoms with Gasteiger partial charge in [-0.3, -0.25) is 4.85 Å². The standard InChI is InChI=1S/C11H11NO2/c1-5-8-11(12-4,9-6-2)10(13)14-7-3/h1-2H,7-9H2,3H3. The highest BCUT2D eigenvalue weighted by Gasteiger charge is 2.45. The Morgan fingerprint density at radius 1 is 1.50 bits per heavy atom. The summed E-state index contributed by atoms with van der Waals surface area (Å²) in [7, 11) is 0. The zero-order valence-electron chi connectivity index (χ0n) is 8.04. The lowest BCUT2D eigenvalue weighted by Crippen LogP contribution is -2.36. The highest BCUT2D eigenvalue weighted by Crippen LogP contribution is 2.22. The molecule has 0 aromatic heterocycles. The minimum Gasteiger partial charge on any atom is -0.460 e. The fourth-order valence-corrected chi connectivity index (χ4v) is 0.935. The molecule has 0 aliphatic heterocycles. The number of rotatable bonds is 4. The van der Waals surface area contributed by atoms with Gasteiger partial charge in [-0.15, -0.1) is 12.8 Å². The van der Waals surface area contributed by atoms with Crippen LogP contribution in [0.4, 0.5) is 0 Å². The summed E-state index contributed by atoms with van der Waals surface area (Å²) in [6.07, 6.45) is 10.1. The first kappa shape index (κ1) is 12.1. The van der Waals surface area contributed by atoms with Gasteiger partial charge in [0.25, 0.3) is 0 Å². The Balaban J connectivity index is 4.88. The second kappa shape index (κ2) is 5.68. The van der Waals surface area contributed by atoms with Crippen LogP contribution in [0.3, 0.4) is 0 Å². The monoisotopic (exact) mass is 189 g/mol. The Hall–Kier alpha value is -1.92. The highest BCUT2D eigenvalue weighted by molar-refractivity contribution is 5.84.